The minimum Gasteiger partial charge on any atom is -0.444 e. The predicted octanol–water partition coefficient (Wildman–Crippen LogP) is 3.13. The maximum absolute atomic E-state index is 12.3. The lowest BCUT2D eigenvalue weighted by atomic mass is 9.95. The van der Waals surface area contributed by atoms with Gasteiger partial charge in [0, 0.05) is 32.7 Å². The zero-order valence-corrected chi connectivity index (χ0v) is 16.4. The number of piperidine rings is 1. The molecule has 0 aromatic heterocycles. The molecule has 1 aliphatic heterocycles. The van der Waals surface area contributed by atoms with E-state index in [1.54, 1.807) is 0 Å². The Labute approximate surface area is 152 Å². The number of nitrogens with one attached hydrogen (secondary N) is 2. The van der Waals surface area contributed by atoms with Gasteiger partial charge in [0.1, 0.15) is 5.60 Å². The Balaban J connectivity index is 1.76. The monoisotopic (exact) mass is 352 g/mol. The van der Waals surface area contributed by atoms with Crippen molar-refractivity contribution in [2.75, 3.05) is 26.7 Å². The lowest BCUT2D eigenvalue weighted by Crippen LogP contribution is -2.49. The molecule has 2 aliphatic rings. The van der Waals surface area contributed by atoms with Crippen molar-refractivity contribution in [3.05, 3.63) is 0 Å². The molecule has 1 aliphatic carbocycles. The number of rotatable bonds is 3. The molecule has 1 saturated carbocycles. The Morgan fingerprint density at radius 2 is 1.88 bits per heavy atom. The fraction of sp³-hybridized carbons (Fsp3) is 0.895. The molecule has 2 N–H and O–H groups in total. The van der Waals surface area contributed by atoms with Crippen LogP contribution in [0.3, 0.4) is 0 Å². The van der Waals surface area contributed by atoms with E-state index >= 15 is 0 Å². The smallest absolute Gasteiger partial charge is 0.410 e. The van der Waals surface area contributed by atoms with Crippen molar-refractivity contribution >= 4 is 12.1 Å². The van der Waals surface area contributed by atoms with Crippen LogP contribution in [0, 0.1) is 5.92 Å². The molecule has 1 saturated heterocycles. The number of nitrogens with zero attached hydrogens (tertiary/aromatic N) is 2. The van der Waals surface area contributed by atoms with Gasteiger partial charge in [-0.25, -0.2) is 4.79 Å². The van der Waals surface area contributed by atoms with E-state index in [2.05, 4.69) is 15.6 Å². The van der Waals surface area contributed by atoms with Crippen molar-refractivity contribution in [1.29, 1.82) is 0 Å². The Hall–Kier alpha value is -1.46. The summed E-state index contributed by atoms with van der Waals surface area (Å²) in [5.74, 6) is 1.33. The molecule has 0 aromatic rings. The highest BCUT2D eigenvalue weighted by Gasteiger charge is 2.27. The van der Waals surface area contributed by atoms with Gasteiger partial charge in [-0.05, 0) is 52.4 Å². The van der Waals surface area contributed by atoms with Crippen LogP contribution in [0.5, 0.6) is 0 Å². The summed E-state index contributed by atoms with van der Waals surface area (Å²) >= 11 is 0. The SMILES string of the molecule is CN=C(NCC1CCCN(C(=O)OC(C)(C)C)C1)NC1CCCCC1. The van der Waals surface area contributed by atoms with Gasteiger partial charge in [0.05, 0.1) is 0 Å². The Kier molecular flexibility index (Phi) is 7.38. The molecule has 6 nitrogen and oxygen atoms in total. The molecular formula is C19H36N4O2. The molecule has 0 radical (unpaired) electrons. The van der Waals surface area contributed by atoms with Gasteiger partial charge in [0.15, 0.2) is 5.96 Å². The van der Waals surface area contributed by atoms with Crippen LogP contribution in [0.2, 0.25) is 0 Å². The van der Waals surface area contributed by atoms with Crippen molar-refractivity contribution in [3.8, 4) is 0 Å². The third kappa shape index (κ3) is 7.12. The number of amides is 1. The van der Waals surface area contributed by atoms with Gasteiger partial charge >= 0.3 is 6.09 Å². The molecule has 25 heavy (non-hydrogen) atoms. The summed E-state index contributed by atoms with van der Waals surface area (Å²) in [6.07, 6.45) is 8.40. The average Bonchev–Trinajstić information content (AvgIpc) is 2.58. The second kappa shape index (κ2) is 9.30. The van der Waals surface area contributed by atoms with Crippen LogP contribution in [-0.2, 0) is 4.74 Å². The van der Waals surface area contributed by atoms with Gasteiger partial charge in [0.25, 0.3) is 0 Å². The van der Waals surface area contributed by atoms with Crippen LogP contribution < -0.4 is 10.6 Å². The molecule has 1 amide bonds. The molecule has 6 heteroatoms. The van der Waals surface area contributed by atoms with Gasteiger partial charge in [0.2, 0.25) is 0 Å². The molecule has 0 bridgehead atoms. The summed E-state index contributed by atoms with van der Waals surface area (Å²) in [5, 5.41) is 7.00. The second-order valence-electron chi connectivity index (χ2n) is 8.37. The number of hydrogen-bond acceptors (Lipinski definition) is 3. The molecule has 1 atom stereocenters. The summed E-state index contributed by atoms with van der Waals surface area (Å²) in [4.78, 5) is 18.5. The van der Waals surface area contributed by atoms with Gasteiger partial charge in [-0.1, -0.05) is 19.3 Å². The van der Waals surface area contributed by atoms with E-state index in [9.17, 15) is 4.79 Å². The van der Waals surface area contributed by atoms with Gasteiger partial charge in [-0.3, -0.25) is 4.99 Å². The number of ether oxygens (including phenoxy) is 1. The standard InChI is InChI=1S/C19H36N4O2/c1-19(2,3)25-18(24)23-12-8-9-15(14-23)13-21-17(20-4)22-16-10-6-5-7-11-16/h15-16H,5-14H2,1-4H3,(H2,20,21,22). The topological polar surface area (TPSA) is 66.0 Å². The number of aliphatic imine (C=N–C) groups is 1. The van der Waals surface area contributed by atoms with E-state index < -0.39 is 5.60 Å². The van der Waals surface area contributed by atoms with Crippen LogP contribution in [0.25, 0.3) is 0 Å². The minimum atomic E-state index is -0.436. The molecular weight excluding hydrogens is 316 g/mol. The number of carbonyl (C=O) groups is 1. The van der Waals surface area contributed by atoms with Crippen molar-refractivity contribution < 1.29 is 9.53 Å². The van der Waals surface area contributed by atoms with Gasteiger partial charge < -0.3 is 20.3 Å². The molecule has 2 rings (SSSR count). The Bertz CT molecular complexity index is 453. The van der Waals surface area contributed by atoms with Crippen molar-refractivity contribution in [2.45, 2.75) is 77.4 Å². The summed E-state index contributed by atoms with van der Waals surface area (Å²) < 4.78 is 5.50. The first kappa shape index (κ1) is 19.9. The maximum Gasteiger partial charge on any atom is 0.410 e. The van der Waals surface area contributed by atoms with Crippen LogP contribution in [0.4, 0.5) is 4.79 Å². The number of hydrogen-bond donors (Lipinski definition) is 2. The van der Waals surface area contributed by atoms with E-state index in [1.165, 1.54) is 32.1 Å². The molecule has 0 aromatic carbocycles. The highest BCUT2D eigenvalue weighted by molar-refractivity contribution is 5.80. The number of guanidine groups is 1. The molecule has 2 fully saturated rings. The molecule has 1 unspecified atom stereocenters. The predicted molar refractivity (Wildman–Crippen MR) is 102 cm³/mol. The second-order valence-corrected chi connectivity index (χ2v) is 8.37. The Morgan fingerprint density at radius 1 is 1.16 bits per heavy atom. The van der Waals surface area contributed by atoms with Crippen molar-refractivity contribution in [3.63, 3.8) is 0 Å². The summed E-state index contributed by atoms with van der Waals surface area (Å²) in [5.41, 5.74) is -0.436. The average molecular weight is 353 g/mol. The van der Waals surface area contributed by atoms with Crippen molar-refractivity contribution in [2.24, 2.45) is 10.9 Å². The number of likely N-dealkylation sites (tertiary alicyclic amines) is 1. The summed E-state index contributed by atoms with van der Waals surface area (Å²) in [6, 6.07) is 0.546. The van der Waals surface area contributed by atoms with Crippen LogP contribution >= 0.6 is 0 Å². The third-order valence-corrected chi connectivity index (χ3v) is 4.90. The van der Waals surface area contributed by atoms with E-state index in [0.29, 0.717) is 12.0 Å². The lowest BCUT2D eigenvalue weighted by Gasteiger charge is -2.34. The quantitative estimate of drug-likeness (QED) is 0.605. The normalized spacial score (nSPS) is 23.3. The van der Waals surface area contributed by atoms with Gasteiger partial charge in [-0.2, -0.15) is 0 Å². The van der Waals surface area contributed by atoms with Crippen molar-refractivity contribution in [1.82, 2.24) is 15.5 Å². The zero-order chi connectivity index (χ0) is 18.3. The Morgan fingerprint density at radius 3 is 2.52 bits per heavy atom. The third-order valence-electron chi connectivity index (χ3n) is 4.90. The highest BCUT2D eigenvalue weighted by atomic mass is 16.6. The number of carbonyl (C=O) groups excluding carboxylic acids is 1. The summed E-state index contributed by atoms with van der Waals surface area (Å²) in [7, 11) is 1.83. The summed E-state index contributed by atoms with van der Waals surface area (Å²) in [6.45, 7) is 8.12. The first-order valence-electron chi connectivity index (χ1n) is 9.82. The van der Waals surface area contributed by atoms with E-state index in [0.717, 1.165) is 38.4 Å². The maximum atomic E-state index is 12.3. The van der Waals surface area contributed by atoms with E-state index in [-0.39, 0.29) is 6.09 Å². The molecule has 144 valence electrons. The highest BCUT2D eigenvalue weighted by Crippen LogP contribution is 2.19. The zero-order valence-electron chi connectivity index (χ0n) is 16.4. The largest absolute Gasteiger partial charge is 0.444 e. The van der Waals surface area contributed by atoms with Crippen LogP contribution in [0.15, 0.2) is 4.99 Å². The van der Waals surface area contributed by atoms with Gasteiger partial charge in [-0.15, -0.1) is 0 Å². The lowest BCUT2D eigenvalue weighted by molar-refractivity contribution is 0.0168. The van der Waals surface area contributed by atoms with Crippen LogP contribution in [-0.4, -0.2) is 55.3 Å². The molecule has 0 spiro atoms. The first-order valence-corrected chi connectivity index (χ1v) is 9.82. The van der Waals surface area contributed by atoms with E-state index in [1.807, 2.05) is 32.7 Å². The fourth-order valence-electron chi connectivity index (χ4n) is 3.60. The molecule has 1 heterocycles. The van der Waals surface area contributed by atoms with E-state index in [4.69, 9.17) is 4.74 Å². The van der Waals surface area contributed by atoms with Crippen LogP contribution in [0.1, 0.15) is 65.7 Å². The fourth-order valence-corrected chi connectivity index (χ4v) is 3.60. The first-order chi connectivity index (χ1) is 11.9. The minimum absolute atomic E-state index is 0.193.